The molecule has 5 atom stereocenters. The van der Waals surface area contributed by atoms with E-state index >= 15 is 0 Å². The Morgan fingerprint density at radius 2 is 0.984 bits per heavy atom. The number of hydrogen-bond donors (Lipinski definition) is 8. The number of nitrogens with two attached hydrogens (primary N) is 1. The highest BCUT2D eigenvalue weighted by molar-refractivity contribution is 5.96. The van der Waals surface area contributed by atoms with Crippen molar-refractivity contribution in [2.75, 3.05) is 13.2 Å². The van der Waals surface area contributed by atoms with Gasteiger partial charge in [-0.3, -0.25) is 24.0 Å². The van der Waals surface area contributed by atoms with Crippen LogP contribution in [-0.4, -0.2) is 89.3 Å². The van der Waals surface area contributed by atoms with Crippen LogP contribution < -0.4 is 32.3 Å². The van der Waals surface area contributed by atoms with Crippen molar-refractivity contribution in [1.29, 1.82) is 0 Å². The number of amides is 6. The van der Waals surface area contributed by atoms with Crippen LogP contribution in [0.4, 0.5) is 4.79 Å². The summed E-state index contributed by atoms with van der Waals surface area (Å²) >= 11 is 0. The smallest absolute Gasteiger partial charge is 0.407 e. The van der Waals surface area contributed by atoms with Gasteiger partial charge in [0.15, 0.2) is 0 Å². The Balaban J connectivity index is 1.33. The van der Waals surface area contributed by atoms with Crippen molar-refractivity contribution in [3.8, 4) is 16.9 Å². The second-order valence-corrected chi connectivity index (χ2v) is 16.7. The van der Waals surface area contributed by atoms with E-state index < -0.39 is 72.4 Å². The number of fused-ring (bicyclic) bond motifs is 3. The minimum Gasteiger partial charge on any atom is -0.508 e. The molecule has 0 unspecified atom stereocenters. The first-order valence-corrected chi connectivity index (χ1v) is 21.2. The number of hydrogen-bond acceptors (Lipinski definition) is 9. The summed E-state index contributed by atoms with van der Waals surface area (Å²) in [4.78, 5) is 81.1. The Morgan fingerprint density at radius 3 is 1.52 bits per heavy atom. The number of aliphatic hydroxyl groups is 1. The van der Waals surface area contributed by atoms with Gasteiger partial charge in [0.2, 0.25) is 29.5 Å². The number of benzene rings is 4. The van der Waals surface area contributed by atoms with Gasteiger partial charge in [0.1, 0.15) is 42.6 Å². The van der Waals surface area contributed by atoms with Crippen LogP contribution >= 0.6 is 0 Å². The summed E-state index contributed by atoms with van der Waals surface area (Å²) in [6.07, 6.45) is -0.525. The lowest BCUT2D eigenvalue weighted by molar-refractivity contribution is -0.135. The van der Waals surface area contributed by atoms with Crippen LogP contribution in [0.3, 0.4) is 0 Å². The molecule has 9 N–H and O–H groups in total. The zero-order valence-corrected chi connectivity index (χ0v) is 36.0. The van der Waals surface area contributed by atoms with Crippen LogP contribution in [-0.2, 0) is 41.6 Å². The average Bonchev–Trinajstić information content (AvgIpc) is 3.57. The van der Waals surface area contributed by atoms with E-state index in [1.807, 2.05) is 76.2 Å². The van der Waals surface area contributed by atoms with Crippen LogP contribution in [0.1, 0.15) is 68.7 Å². The maximum Gasteiger partial charge on any atom is 0.407 e. The number of ether oxygens (including phenoxy) is 1. The van der Waals surface area contributed by atoms with Crippen LogP contribution in [0.15, 0.2) is 103 Å². The fraction of sp³-hybridized carbons (Fsp3) is 0.375. The minimum absolute atomic E-state index is 0.000869. The molecule has 334 valence electrons. The molecule has 0 saturated carbocycles. The Bertz CT molecular complexity index is 2170. The molecule has 0 radical (unpaired) electrons. The molecule has 4 aromatic carbocycles. The Labute approximate surface area is 367 Å². The van der Waals surface area contributed by atoms with Gasteiger partial charge in [0.05, 0.1) is 6.61 Å². The average molecular weight is 863 g/mol. The number of carbonyl (C=O) groups is 6. The molecule has 6 amide bonds. The van der Waals surface area contributed by atoms with Gasteiger partial charge in [-0.25, -0.2) is 4.79 Å². The van der Waals surface area contributed by atoms with E-state index in [9.17, 15) is 39.0 Å². The zero-order valence-electron chi connectivity index (χ0n) is 36.0. The number of carbonyl (C=O) groups excluding carboxylic acids is 6. The van der Waals surface area contributed by atoms with Gasteiger partial charge < -0.3 is 47.3 Å². The highest BCUT2D eigenvalue weighted by atomic mass is 16.5. The van der Waals surface area contributed by atoms with Crippen LogP contribution in [0.5, 0.6) is 5.75 Å². The third-order valence-corrected chi connectivity index (χ3v) is 10.8. The van der Waals surface area contributed by atoms with Crippen molar-refractivity contribution in [3.05, 3.63) is 125 Å². The van der Waals surface area contributed by atoms with Gasteiger partial charge >= 0.3 is 6.09 Å². The first kappa shape index (κ1) is 47.3. The fourth-order valence-corrected chi connectivity index (χ4v) is 7.62. The van der Waals surface area contributed by atoms with Gasteiger partial charge in [0.25, 0.3) is 0 Å². The standard InChI is InChI=1S/C48H58N6O9/c1-28(2)22-38(43(49)57)50-47(61)42(26-55)53-45(59)40(24-30-12-6-5-7-13-30)52-44(58)39(23-29(3)4)51-46(60)41(25-31-18-20-32(56)21-19-31)54-48(62)63-27-37-35-16-10-8-14-33(35)34-15-9-11-17-36(34)37/h5-21,28-29,37-42,55-56H,22-27H2,1-4H3,(H2,49,57)(H,50,61)(H,51,60)(H,52,58)(H,53,59)(H,54,62)/t38-,39-,40-,41-,42-/m0/s1. The minimum atomic E-state index is -1.49. The summed E-state index contributed by atoms with van der Waals surface area (Å²) in [5, 5.41) is 33.2. The maximum absolute atomic E-state index is 14.2. The Hall–Kier alpha value is -6.74. The summed E-state index contributed by atoms with van der Waals surface area (Å²) in [6, 6.07) is 24.5. The molecule has 0 saturated heterocycles. The molecule has 1 aliphatic rings. The van der Waals surface area contributed by atoms with E-state index in [4.69, 9.17) is 10.5 Å². The lowest BCUT2D eigenvalue weighted by Gasteiger charge is -2.27. The van der Waals surface area contributed by atoms with Gasteiger partial charge in [-0.1, -0.05) is 119 Å². The molecule has 4 aromatic rings. The summed E-state index contributed by atoms with van der Waals surface area (Å²) in [5.41, 5.74) is 10.9. The number of primary amides is 1. The molecule has 0 fully saturated rings. The molecular weight excluding hydrogens is 805 g/mol. The zero-order chi connectivity index (χ0) is 45.6. The normalized spacial score (nSPS) is 14.3. The van der Waals surface area contributed by atoms with E-state index in [1.54, 1.807) is 42.5 Å². The first-order chi connectivity index (χ1) is 30.1. The van der Waals surface area contributed by atoms with Crippen molar-refractivity contribution in [2.45, 2.75) is 89.5 Å². The van der Waals surface area contributed by atoms with E-state index in [2.05, 4.69) is 26.6 Å². The second-order valence-electron chi connectivity index (χ2n) is 16.7. The Morgan fingerprint density at radius 1 is 0.556 bits per heavy atom. The molecule has 5 rings (SSSR count). The van der Waals surface area contributed by atoms with Crippen molar-refractivity contribution < 1.29 is 43.7 Å². The van der Waals surface area contributed by atoms with Gasteiger partial charge in [-0.2, -0.15) is 0 Å². The topological polar surface area (TPSA) is 238 Å². The molecule has 63 heavy (non-hydrogen) atoms. The summed E-state index contributed by atoms with van der Waals surface area (Å²) in [6.45, 7) is 6.58. The van der Waals surface area contributed by atoms with Crippen molar-refractivity contribution >= 4 is 35.6 Å². The summed E-state index contributed by atoms with van der Waals surface area (Å²) in [5.74, 6) is -4.18. The molecule has 0 aliphatic heterocycles. The van der Waals surface area contributed by atoms with Crippen LogP contribution in [0.2, 0.25) is 0 Å². The molecule has 15 nitrogen and oxygen atoms in total. The number of alkyl carbamates (subject to hydrolysis) is 1. The molecule has 0 bridgehead atoms. The van der Waals surface area contributed by atoms with E-state index in [-0.39, 0.29) is 55.8 Å². The SMILES string of the molecule is CC(C)C[C@H](NC(=O)[C@H](CO)NC(=O)[C@H](Cc1ccccc1)NC(=O)[C@H](CC(C)C)NC(=O)[C@H](Cc1ccc(O)cc1)NC(=O)OCC1c2ccccc2-c2ccccc21)C(N)=O. The first-order valence-electron chi connectivity index (χ1n) is 21.2. The predicted octanol–water partition coefficient (Wildman–Crippen LogP) is 3.59. The lowest BCUT2D eigenvalue weighted by atomic mass is 9.98. The summed E-state index contributed by atoms with van der Waals surface area (Å²) < 4.78 is 5.77. The highest BCUT2D eigenvalue weighted by Gasteiger charge is 2.34. The molecule has 15 heteroatoms. The third-order valence-electron chi connectivity index (χ3n) is 10.8. The monoisotopic (exact) mass is 862 g/mol. The predicted molar refractivity (Wildman–Crippen MR) is 237 cm³/mol. The maximum atomic E-state index is 14.2. The van der Waals surface area contributed by atoms with E-state index in [0.717, 1.165) is 22.3 Å². The molecule has 0 aromatic heterocycles. The van der Waals surface area contributed by atoms with Crippen molar-refractivity contribution in [1.82, 2.24) is 26.6 Å². The molecule has 0 spiro atoms. The molecular formula is C48H58N6O9. The van der Waals surface area contributed by atoms with Gasteiger partial charge in [-0.15, -0.1) is 0 Å². The Kier molecular flexibility index (Phi) is 16.8. The molecule has 1 aliphatic carbocycles. The molecule has 0 heterocycles. The van der Waals surface area contributed by atoms with Gasteiger partial charge in [-0.05, 0) is 70.2 Å². The fourth-order valence-electron chi connectivity index (χ4n) is 7.62. The number of nitrogens with one attached hydrogen (secondary N) is 5. The number of phenols is 1. The number of rotatable bonds is 21. The largest absolute Gasteiger partial charge is 0.508 e. The van der Waals surface area contributed by atoms with Crippen LogP contribution in [0, 0.1) is 11.8 Å². The second kappa shape index (κ2) is 22.4. The number of aliphatic hydroxyl groups excluding tert-OH is 1. The van der Waals surface area contributed by atoms with E-state index in [0.29, 0.717) is 11.1 Å². The lowest BCUT2D eigenvalue weighted by Crippen LogP contribution is -2.60. The van der Waals surface area contributed by atoms with Crippen LogP contribution in [0.25, 0.3) is 11.1 Å². The highest BCUT2D eigenvalue weighted by Crippen LogP contribution is 2.44. The number of aromatic hydroxyl groups is 1. The van der Waals surface area contributed by atoms with E-state index in [1.165, 1.54) is 12.1 Å². The summed E-state index contributed by atoms with van der Waals surface area (Å²) in [7, 11) is 0. The van der Waals surface area contributed by atoms with Crippen molar-refractivity contribution in [2.24, 2.45) is 17.6 Å². The van der Waals surface area contributed by atoms with Gasteiger partial charge in [0, 0.05) is 18.8 Å². The quantitative estimate of drug-likeness (QED) is 0.0610. The van der Waals surface area contributed by atoms with Crippen molar-refractivity contribution in [3.63, 3.8) is 0 Å². The third kappa shape index (κ3) is 13.4. The number of phenolic OH excluding ortho intramolecular Hbond substituents is 1.